The minimum atomic E-state index is -0.797. The fourth-order valence-corrected chi connectivity index (χ4v) is 1.70. The van der Waals surface area contributed by atoms with Crippen molar-refractivity contribution in [3.8, 4) is 11.3 Å². The molecule has 0 saturated carbocycles. The van der Waals surface area contributed by atoms with Gasteiger partial charge in [0.25, 0.3) is 5.91 Å². The Bertz CT molecular complexity index is 634. The van der Waals surface area contributed by atoms with Crippen LogP contribution in [0.1, 0.15) is 10.5 Å². The number of anilines is 1. The number of nitrogen functional groups attached to an aromatic ring is 1. The molecule has 0 aromatic carbocycles. The zero-order chi connectivity index (χ0) is 13.3. The van der Waals surface area contributed by atoms with Crippen molar-refractivity contribution in [3.05, 3.63) is 34.6 Å². The Labute approximate surface area is 109 Å². The average molecular weight is 312 g/mol. The van der Waals surface area contributed by atoms with Gasteiger partial charge in [0, 0.05) is 5.56 Å². The molecule has 2 aromatic rings. The number of nitrogens with two attached hydrogens (primary N) is 2. The summed E-state index contributed by atoms with van der Waals surface area (Å²) >= 11 is 3.10. The molecule has 18 heavy (non-hydrogen) atoms. The van der Waals surface area contributed by atoms with Gasteiger partial charge in [-0.1, -0.05) is 0 Å². The summed E-state index contributed by atoms with van der Waals surface area (Å²) in [6.45, 7) is 0. The number of aromatic nitrogens is 3. The predicted octanol–water partition coefficient (Wildman–Crippen LogP) is 1.12. The normalized spacial score (nSPS) is 10.3. The molecule has 2 aromatic heterocycles. The molecule has 0 spiro atoms. The number of carbonyl (C=O) groups is 1. The summed E-state index contributed by atoms with van der Waals surface area (Å²) < 4.78 is 13.6. The smallest absolute Gasteiger partial charge is 0.268 e. The number of pyridine rings is 1. The van der Waals surface area contributed by atoms with Gasteiger partial charge in [0.1, 0.15) is 21.8 Å². The second kappa shape index (κ2) is 4.65. The van der Waals surface area contributed by atoms with Crippen LogP contribution >= 0.6 is 15.9 Å². The van der Waals surface area contributed by atoms with Crippen LogP contribution in [0.2, 0.25) is 0 Å². The molecular formula is C10H7BrFN5O. The van der Waals surface area contributed by atoms with E-state index in [1.165, 1.54) is 6.20 Å². The highest BCUT2D eigenvalue weighted by Crippen LogP contribution is 2.26. The van der Waals surface area contributed by atoms with Crippen LogP contribution in [0.4, 0.5) is 10.2 Å². The molecule has 0 saturated heterocycles. The molecule has 0 unspecified atom stereocenters. The molecule has 2 heterocycles. The second-order valence-electron chi connectivity index (χ2n) is 3.34. The first-order chi connectivity index (χ1) is 8.49. The van der Waals surface area contributed by atoms with E-state index in [1.807, 2.05) is 0 Å². The molecule has 2 rings (SSSR count). The highest BCUT2D eigenvalue weighted by Gasteiger charge is 2.17. The first-order valence-corrected chi connectivity index (χ1v) is 5.52. The van der Waals surface area contributed by atoms with E-state index in [4.69, 9.17) is 11.5 Å². The molecule has 0 fully saturated rings. The molecule has 0 bridgehead atoms. The zero-order valence-corrected chi connectivity index (χ0v) is 10.5. The number of halogens is 2. The number of hydrogen-bond acceptors (Lipinski definition) is 5. The molecule has 1 amide bonds. The lowest BCUT2D eigenvalue weighted by Gasteiger charge is -2.07. The van der Waals surface area contributed by atoms with Crippen LogP contribution in [0, 0.1) is 5.82 Å². The van der Waals surface area contributed by atoms with Crippen molar-refractivity contribution in [1.29, 1.82) is 0 Å². The molecule has 0 aliphatic carbocycles. The van der Waals surface area contributed by atoms with Gasteiger partial charge < -0.3 is 11.5 Å². The minimum Gasteiger partial charge on any atom is -0.382 e. The van der Waals surface area contributed by atoms with E-state index in [9.17, 15) is 9.18 Å². The van der Waals surface area contributed by atoms with Crippen molar-refractivity contribution >= 4 is 27.7 Å². The maximum atomic E-state index is 13.2. The van der Waals surface area contributed by atoms with Crippen LogP contribution in [0.5, 0.6) is 0 Å². The Morgan fingerprint density at radius 2 is 2.06 bits per heavy atom. The zero-order valence-electron chi connectivity index (χ0n) is 8.89. The number of carbonyl (C=O) groups excluding carboxylic acids is 1. The molecular weight excluding hydrogens is 305 g/mol. The fourth-order valence-electron chi connectivity index (χ4n) is 1.40. The van der Waals surface area contributed by atoms with Crippen molar-refractivity contribution in [1.82, 2.24) is 15.0 Å². The molecule has 4 N–H and O–H groups in total. The number of nitrogens with zero attached hydrogens (tertiary/aromatic N) is 3. The van der Waals surface area contributed by atoms with Gasteiger partial charge >= 0.3 is 0 Å². The first kappa shape index (κ1) is 12.4. The Balaban J connectivity index is 2.69. The first-order valence-electron chi connectivity index (χ1n) is 4.72. The van der Waals surface area contributed by atoms with Gasteiger partial charge in [-0.25, -0.2) is 19.3 Å². The number of hydrogen-bond donors (Lipinski definition) is 2. The van der Waals surface area contributed by atoms with Gasteiger partial charge in [-0.3, -0.25) is 4.79 Å². The second-order valence-corrected chi connectivity index (χ2v) is 4.15. The van der Waals surface area contributed by atoms with E-state index >= 15 is 0 Å². The molecule has 92 valence electrons. The topological polar surface area (TPSA) is 108 Å². The lowest BCUT2D eigenvalue weighted by molar-refractivity contribution is 0.0996. The molecule has 0 aliphatic rings. The van der Waals surface area contributed by atoms with Crippen molar-refractivity contribution in [2.24, 2.45) is 5.73 Å². The van der Waals surface area contributed by atoms with Crippen molar-refractivity contribution in [2.75, 3.05) is 5.73 Å². The van der Waals surface area contributed by atoms with Gasteiger partial charge in [-0.2, -0.15) is 0 Å². The predicted molar refractivity (Wildman–Crippen MR) is 65.9 cm³/mol. The summed E-state index contributed by atoms with van der Waals surface area (Å²) in [5.41, 5.74) is 11.0. The largest absolute Gasteiger partial charge is 0.382 e. The summed E-state index contributed by atoms with van der Waals surface area (Å²) in [5.74, 6) is -1.38. The quantitative estimate of drug-likeness (QED) is 0.864. The van der Waals surface area contributed by atoms with Gasteiger partial charge in [-0.05, 0) is 22.0 Å². The number of primary amides is 1. The van der Waals surface area contributed by atoms with E-state index in [1.54, 1.807) is 0 Å². The Hall–Kier alpha value is -2.09. The van der Waals surface area contributed by atoms with Crippen LogP contribution in [-0.4, -0.2) is 20.9 Å². The Kier molecular flexibility index (Phi) is 3.19. The molecule has 0 atom stereocenters. The maximum Gasteiger partial charge on any atom is 0.268 e. The number of rotatable bonds is 2. The van der Waals surface area contributed by atoms with E-state index in [2.05, 4.69) is 30.9 Å². The van der Waals surface area contributed by atoms with E-state index in [-0.39, 0.29) is 22.8 Å². The van der Waals surface area contributed by atoms with Crippen LogP contribution in [-0.2, 0) is 0 Å². The standard InChI is InChI=1S/C10H7BrFN5O/c11-6-3-16-7(9(13)17-6)5-1-4(12)2-15-8(5)10(14)18/h1-3H,(H2,13,17)(H2,14,18). The molecule has 0 radical (unpaired) electrons. The Morgan fingerprint density at radius 1 is 1.33 bits per heavy atom. The van der Waals surface area contributed by atoms with Crippen LogP contribution < -0.4 is 11.5 Å². The average Bonchev–Trinajstić information content (AvgIpc) is 2.28. The van der Waals surface area contributed by atoms with Crippen LogP contribution in [0.25, 0.3) is 11.3 Å². The minimum absolute atomic E-state index is 0.0410. The van der Waals surface area contributed by atoms with Crippen LogP contribution in [0.3, 0.4) is 0 Å². The van der Waals surface area contributed by atoms with Gasteiger partial charge in [0.15, 0.2) is 5.82 Å². The third-order valence-electron chi connectivity index (χ3n) is 2.11. The summed E-state index contributed by atoms with van der Waals surface area (Å²) in [6, 6.07) is 1.08. The van der Waals surface area contributed by atoms with E-state index in [0.717, 1.165) is 12.3 Å². The monoisotopic (exact) mass is 311 g/mol. The summed E-state index contributed by atoms with van der Waals surface area (Å²) in [5, 5.41) is 0. The third kappa shape index (κ3) is 2.28. The summed E-state index contributed by atoms with van der Waals surface area (Å²) in [4.78, 5) is 22.7. The highest BCUT2D eigenvalue weighted by atomic mass is 79.9. The van der Waals surface area contributed by atoms with Crippen molar-refractivity contribution in [2.45, 2.75) is 0 Å². The van der Waals surface area contributed by atoms with E-state index in [0.29, 0.717) is 4.60 Å². The lowest BCUT2D eigenvalue weighted by atomic mass is 10.1. The summed E-state index contributed by atoms with van der Waals surface area (Å²) in [6.07, 6.45) is 2.27. The van der Waals surface area contributed by atoms with Gasteiger partial charge in [0.2, 0.25) is 0 Å². The Morgan fingerprint density at radius 3 is 2.67 bits per heavy atom. The maximum absolute atomic E-state index is 13.2. The van der Waals surface area contributed by atoms with Gasteiger partial charge in [-0.15, -0.1) is 0 Å². The van der Waals surface area contributed by atoms with Gasteiger partial charge in [0.05, 0.1) is 12.4 Å². The van der Waals surface area contributed by atoms with E-state index < -0.39 is 11.7 Å². The molecule has 6 nitrogen and oxygen atoms in total. The highest BCUT2D eigenvalue weighted by molar-refractivity contribution is 9.10. The SMILES string of the molecule is NC(=O)c1ncc(F)cc1-c1ncc(Br)nc1N. The van der Waals surface area contributed by atoms with Crippen LogP contribution in [0.15, 0.2) is 23.1 Å². The van der Waals surface area contributed by atoms with Crippen molar-refractivity contribution in [3.63, 3.8) is 0 Å². The summed E-state index contributed by atoms with van der Waals surface area (Å²) in [7, 11) is 0. The fraction of sp³-hybridized carbons (Fsp3) is 0. The third-order valence-corrected chi connectivity index (χ3v) is 2.49. The lowest BCUT2D eigenvalue weighted by Crippen LogP contribution is -2.15. The molecule has 0 aliphatic heterocycles. The number of amides is 1. The molecule has 8 heteroatoms. The van der Waals surface area contributed by atoms with Crippen molar-refractivity contribution < 1.29 is 9.18 Å².